The quantitative estimate of drug-likeness (QED) is 0.905. The van der Waals surface area contributed by atoms with Crippen LogP contribution in [0.5, 0.6) is 0 Å². The second-order valence-electron chi connectivity index (χ2n) is 7.50. The Morgan fingerprint density at radius 2 is 1.93 bits per heavy atom. The summed E-state index contributed by atoms with van der Waals surface area (Å²) in [4.78, 5) is 27.5. The highest BCUT2D eigenvalue weighted by Crippen LogP contribution is 2.23. The molecule has 27 heavy (non-hydrogen) atoms. The summed E-state index contributed by atoms with van der Waals surface area (Å²) in [6.07, 6.45) is 3.91. The number of amides is 2. The number of fused-ring (bicyclic) bond motifs is 1. The molecular weight excluding hydrogens is 340 g/mol. The van der Waals surface area contributed by atoms with E-state index in [1.807, 2.05) is 47.4 Å². The second kappa shape index (κ2) is 8.09. The van der Waals surface area contributed by atoms with E-state index in [0.717, 1.165) is 43.1 Å². The fourth-order valence-corrected chi connectivity index (χ4v) is 4.12. The third kappa shape index (κ3) is 3.98. The lowest BCUT2D eigenvalue weighted by atomic mass is 9.95. The Balaban J connectivity index is 1.42. The van der Waals surface area contributed by atoms with Crippen molar-refractivity contribution in [2.45, 2.75) is 31.8 Å². The molecule has 0 aliphatic carbocycles. The lowest BCUT2D eigenvalue weighted by molar-refractivity contribution is -0.126. The van der Waals surface area contributed by atoms with E-state index in [4.69, 9.17) is 4.74 Å². The van der Waals surface area contributed by atoms with Crippen molar-refractivity contribution in [3.8, 4) is 0 Å². The first kappa shape index (κ1) is 18.0. The molecule has 142 valence electrons. The SMILES string of the molecule is O=C(NC[C@@H]1CCCO1)[C@H]1CCCN(C(=O)c2cccc3ccccc23)C1. The Bertz CT molecular complexity index is 824. The molecule has 5 heteroatoms. The molecule has 0 radical (unpaired) electrons. The summed E-state index contributed by atoms with van der Waals surface area (Å²) in [5.74, 6) is -0.0802. The molecule has 0 unspecified atom stereocenters. The topological polar surface area (TPSA) is 58.6 Å². The maximum absolute atomic E-state index is 13.1. The molecule has 4 rings (SSSR count). The van der Waals surface area contributed by atoms with Crippen molar-refractivity contribution in [1.29, 1.82) is 0 Å². The van der Waals surface area contributed by atoms with Crippen molar-refractivity contribution in [3.63, 3.8) is 0 Å². The van der Waals surface area contributed by atoms with E-state index in [9.17, 15) is 9.59 Å². The summed E-state index contributed by atoms with van der Waals surface area (Å²) in [6.45, 7) is 2.56. The molecule has 2 fully saturated rings. The van der Waals surface area contributed by atoms with Crippen LogP contribution in [0.1, 0.15) is 36.0 Å². The second-order valence-corrected chi connectivity index (χ2v) is 7.50. The number of piperidine rings is 1. The average molecular weight is 366 g/mol. The van der Waals surface area contributed by atoms with Crippen LogP contribution in [0.4, 0.5) is 0 Å². The molecule has 2 heterocycles. The minimum Gasteiger partial charge on any atom is -0.376 e. The molecule has 2 aromatic carbocycles. The predicted molar refractivity (Wildman–Crippen MR) is 105 cm³/mol. The standard InChI is InChI=1S/C22H26N2O3/c25-21(23-14-18-9-5-13-27-18)17-8-4-12-24(15-17)22(26)20-11-3-7-16-6-1-2-10-19(16)20/h1-3,6-7,10-11,17-18H,4-5,8-9,12-15H2,(H,23,25)/t17-,18-/m0/s1. The Labute approximate surface area is 159 Å². The number of hydrogen-bond donors (Lipinski definition) is 1. The molecule has 5 nitrogen and oxygen atoms in total. The Morgan fingerprint density at radius 3 is 2.78 bits per heavy atom. The third-order valence-corrected chi connectivity index (χ3v) is 5.63. The van der Waals surface area contributed by atoms with Crippen molar-refractivity contribution in [1.82, 2.24) is 10.2 Å². The number of likely N-dealkylation sites (tertiary alicyclic amines) is 1. The largest absolute Gasteiger partial charge is 0.376 e. The Morgan fingerprint density at radius 1 is 1.07 bits per heavy atom. The summed E-state index contributed by atoms with van der Waals surface area (Å²) >= 11 is 0. The maximum atomic E-state index is 13.1. The molecule has 2 aliphatic heterocycles. The summed E-state index contributed by atoms with van der Waals surface area (Å²) < 4.78 is 5.57. The number of ether oxygens (including phenoxy) is 1. The van der Waals surface area contributed by atoms with E-state index in [2.05, 4.69) is 5.32 Å². The Kier molecular flexibility index (Phi) is 5.39. The first-order valence-electron chi connectivity index (χ1n) is 9.89. The van der Waals surface area contributed by atoms with Crippen LogP contribution in [0.15, 0.2) is 42.5 Å². The smallest absolute Gasteiger partial charge is 0.254 e. The normalized spacial score (nSPS) is 22.7. The highest BCUT2D eigenvalue weighted by atomic mass is 16.5. The van der Waals surface area contributed by atoms with E-state index >= 15 is 0 Å². The van der Waals surface area contributed by atoms with Crippen molar-refractivity contribution >= 4 is 22.6 Å². The monoisotopic (exact) mass is 366 g/mol. The van der Waals surface area contributed by atoms with E-state index in [1.165, 1.54) is 0 Å². The van der Waals surface area contributed by atoms with Gasteiger partial charge < -0.3 is 15.0 Å². The lowest BCUT2D eigenvalue weighted by Crippen LogP contribution is -2.46. The van der Waals surface area contributed by atoms with Gasteiger partial charge in [0.25, 0.3) is 5.91 Å². The van der Waals surface area contributed by atoms with Gasteiger partial charge in [-0.2, -0.15) is 0 Å². The fourth-order valence-electron chi connectivity index (χ4n) is 4.12. The maximum Gasteiger partial charge on any atom is 0.254 e. The number of hydrogen-bond acceptors (Lipinski definition) is 3. The van der Waals surface area contributed by atoms with Crippen LogP contribution in [-0.2, 0) is 9.53 Å². The van der Waals surface area contributed by atoms with Crippen LogP contribution in [0.3, 0.4) is 0 Å². The van der Waals surface area contributed by atoms with Gasteiger partial charge >= 0.3 is 0 Å². The molecule has 2 atom stereocenters. The van der Waals surface area contributed by atoms with Crippen molar-refractivity contribution in [2.75, 3.05) is 26.2 Å². The van der Waals surface area contributed by atoms with Crippen LogP contribution >= 0.6 is 0 Å². The third-order valence-electron chi connectivity index (χ3n) is 5.63. The van der Waals surface area contributed by atoms with Crippen LogP contribution < -0.4 is 5.32 Å². The zero-order valence-corrected chi connectivity index (χ0v) is 15.5. The summed E-state index contributed by atoms with van der Waals surface area (Å²) in [7, 11) is 0. The number of rotatable bonds is 4. The average Bonchev–Trinajstić information content (AvgIpc) is 3.25. The molecule has 2 amide bonds. The van der Waals surface area contributed by atoms with Gasteiger partial charge in [0.1, 0.15) is 0 Å². The number of nitrogens with zero attached hydrogens (tertiary/aromatic N) is 1. The van der Waals surface area contributed by atoms with E-state index < -0.39 is 0 Å². The van der Waals surface area contributed by atoms with Gasteiger partial charge in [0, 0.05) is 31.8 Å². The molecule has 0 saturated carbocycles. The first-order chi connectivity index (χ1) is 13.2. The van der Waals surface area contributed by atoms with Crippen molar-refractivity contribution in [3.05, 3.63) is 48.0 Å². The lowest BCUT2D eigenvalue weighted by Gasteiger charge is -2.32. The van der Waals surface area contributed by atoms with Gasteiger partial charge in [-0.3, -0.25) is 9.59 Å². The number of benzene rings is 2. The number of nitrogens with one attached hydrogen (secondary N) is 1. The van der Waals surface area contributed by atoms with Crippen molar-refractivity contribution in [2.24, 2.45) is 5.92 Å². The molecule has 2 saturated heterocycles. The zero-order chi connectivity index (χ0) is 18.6. The molecular formula is C22H26N2O3. The summed E-state index contributed by atoms with van der Waals surface area (Å²) in [6, 6.07) is 13.8. The number of carbonyl (C=O) groups excluding carboxylic acids is 2. The van der Waals surface area contributed by atoms with Crippen LogP contribution in [0, 0.1) is 5.92 Å². The summed E-state index contributed by atoms with van der Waals surface area (Å²) in [5.41, 5.74) is 0.716. The van der Waals surface area contributed by atoms with Gasteiger partial charge in [-0.05, 0) is 42.5 Å². The van der Waals surface area contributed by atoms with Gasteiger partial charge in [-0.25, -0.2) is 0 Å². The molecule has 0 bridgehead atoms. The van der Waals surface area contributed by atoms with Crippen molar-refractivity contribution < 1.29 is 14.3 Å². The van der Waals surface area contributed by atoms with Gasteiger partial charge in [-0.1, -0.05) is 36.4 Å². The first-order valence-corrected chi connectivity index (χ1v) is 9.89. The van der Waals surface area contributed by atoms with Gasteiger partial charge in [0.2, 0.25) is 5.91 Å². The fraction of sp³-hybridized carbons (Fsp3) is 0.455. The van der Waals surface area contributed by atoms with Crippen LogP contribution in [-0.4, -0.2) is 49.1 Å². The van der Waals surface area contributed by atoms with E-state index in [-0.39, 0.29) is 23.8 Å². The molecule has 2 aromatic rings. The molecule has 2 aliphatic rings. The molecule has 0 aromatic heterocycles. The van der Waals surface area contributed by atoms with Gasteiger partial charge in [0.15, 0.2) is 0 Å². The highest BCUT2D eigenvalue weighted by molar-refractivity contribution is 6.07. The molecule has 0 spiro atoms. The van der Waals surface area contributed by atoms with E-state index in [1.54, 1.807) is 0 Å². The summed E-state index contributed by atoms with van der Waals surface area (Å²) in [5, 5.41) is 5.05. The molecule has 1 N–H and O–H groups in total. The minimum absolute atomic E-state index is 0.0171. The van der Waals surface area contributed by atoms with Gasteiger partial charge in [0.05, 0.1) is 12.0 Å². The Hall–Kier alpha value is -2.40. The predicted octanol–water partition coefficient (Wildman–Crippen LogP) is 2.99. The minimum atomic E-state index is -0.140. The van der Waals surface area contributed by atoms with Gasteiger partial charge in [-0.15, -0.1) is 0 Å². The van der Waals surface area contributed by atoms with E-state index in [0.29, 0.717) is 25.2 Å². The zero-order valence-electron chi connectivity index (χ0n) is 15.5. The van der Waals surface area contributed by atoms with Crippen LogP contribution in [0.2, 0.25) is 0 Å². The highest BCUT2D eigenvalue weighted by Gasteiger charge is 2.30. The van der Waals surface area contributed by atoms with Crippen LogP contribution in [0.25, 0.3) is 10.8 Å². The number of carbonyl (C=O) groups is 2.